The molecule has 8 heteroatoms. The summed E-state index contributed by atoms with van der Waals surface area (Å²) in [6, 6.07) is 23.7. The molecule has 4 aromatic rings. The molecule has 0 aliphatic carbocycles. The first-order valence-corrected chi connectivity index (χ1v) is 18.5. The highest BCUT2D eigenvalue weighted by Crippen LogP contribution is 2.37. The fourth-order valence-electron chi connectivity index (χ4n) is 5.76. The van der Waals surface area contributed by atoms with Gasteiger partial charge in [0.25, 0.3) is 0 Å². The lowest BCUT2D eigenvalue weighted by Gasteiger charge is -2.34. The van der Waals surface area contributed by atoms with Gasteiger partial charge in [0, 0.05) is 0 Å². The number of rotatable bonds is 12. The molecule has 4 aromatic carbocycles. The average Bonchev–Trinajstić information content (AvgIpc) is 3.04. The SMILES string of the molecule is CC(C)(C)c1ccc(OCC(COc2ccc(C(C)(C)C)cc2N)(COc2ccc(C(C)(C)C)cc2N)COc2ccc(C(C)(C)C)cc2N)c(N)c1. The summed E-state index contributed by atoms with van der Waals surface area (Å²) in [6.45, 7) is 26.3. The van der Waals surface area contributed by atoms with Crippen LogP contribution in [-0.4, -0.2) is 26.4 Å². The van der Waals surface area contributed by atoms with Crippen molar-refractivity contribution in [1.29, 1.82) is 0 Å². The Balaban J connectivity index is 1.75. The van der Waals surface area contributed by atoms with E-state index in [2.05, 4.69) is 83.1 Å². The van der Waals surface area contributed by atoms with Crippen LogP contribution in [-0.2, 0) is 21.7 Å². The van der Waals surface area contributed by atoms with Crippen LogP contribution in [0.4, 0.5) is 22.7 Å². The number of hydrogen-bond acceptors (Lipinski definition) is 8. The number of hydrogen-bond donors (Lipinski definition) is 4. The van der Waals surface area contributed by atoms with E-state index in [1.165, 1.54) is 0 Å². The molecule has 0 atom stereocenters. The fraction of sp³-hybridized carbons (Fsp3) is 0.467. The minimum atomic E-state index is -0.908. The number of ether oxygens (including phenoxy) is 4. The summed E-state index contributed by atoms with van der Waals surface area (Å²) in [7, 11) is 0. The van der Waals surface area contributed by atoms with E-state index in [1.807, 2.05) is 72.8 Å². The normalized spacial score (nSPS) is 12.8. The van der Waals surface area contributed by atoms with Gasteiger partial charge in [0.05, 0.1) is 22.7 Å². The maximum absolute atomic E-state index is 6.58. The molecule has 0 radical (unpaired) electrons. The highest BCUT2D eigenvalue weighted by molar-refractivity contribution is 5.58. The summed E-state index contributed by atoms with van der Waals surface area (Å²) in [6.07, 6.45) is 0. The van der Waals surface area contributed by atoms with E-state index in [0.717, 1.165) is 22.3 Å². The molecule has 0 bridgehead atoms. The Morgan fingerprint density at radius 1 is 0.340 bits per heavy atom. The third kappa shape index (κ3) is 10.7. The van der Waals surface area contributed by atoms with Gasteiger partial charge < -0.3 is 41.9 Å². The van der Waals surface area contributed by atoms with Crippen molar-refractivity contribution in [3.63, 3.8) is 0 Å². The van der Waals surface area contributed by atoms with Crippen molar-refractivity contribution < 1.29 is 18.9 Å². The summed E-state index contributed by atoms with van der Waals surface area (Å²) < 4.78 is 26.2. The van der Waals surface area contributed by atoms with Crippen LogP contribution < -0.4 is 41.9 Å². The Morgan fingerprint density at radius 3 is 0.679 bits per heavy atom. The topological polar surface area (TPSA) is 141 Å². The van der Waals surface area contributed by atoms with Crippen molar-refractivity contribution in [2.24, 2.45) is 5.41 Å². The Labute approximate surface area is 318 Å². The van der Waals surface area contributed by atoms with Crippen molar-refractivity contribution in [2.75, 3.05) is 49.4 Å². The van der Waals surface area contributed by atoms with Gasteiger partial charge in [0.1, 0.15) is 54.8 Å². The lowest BCUT2D eigenvalue weighted by atomic mass is 9.86. The van der Waals surface area contributed by atoms with Gasteiger partial charge in [-0.05, 0) is 92.4 Å². The molecule has 0 aliphatic rings. The monoisotopic (exact) mass is 724 g/mol. The summed E-state index contributed by atoms with van der Waals surface area (Å²) in [5.41, 5.74) is 31.8. The van der Waals surface area contributed by atoms with Crippen LogP contribution in [0.1, 0.15) is 105 Å². The van der Waals surface area contributed by atoms with Crippen molar-refractivity contribution in [1.82, 2.24) is 0 Å². The maximum Gasteiger partial charge on any atom is 0.142 e. The van der Waals surface area contributed by atoms with Crippen LogP contribution in [0.3, 0.4) is 0 Å². The van der Waals surface area contributed by atoms with Crippen molar-refractivity contribution in [3.05, 3.63) is 95.1 Å². The summed E-state index contributed by atoms with van der Waals surface area (Å²) in [5, 5.41) is 0. The molecule has 0 aliphatic heterocycles. The zero-order chi connectivity index (χ0) is 39.6. The summed E-state index contributed by atoms with van der Waals surface area (Å²) in [4.78, 5) is 0. The van der Waals surface area contributed by atoms with E-state index in [-0.39, 0.29) is 48.1 Å². The second-order valence-corrected chi connectivity index (χ2v) is 18.7. The number of benzene rings is 4. The van der Waals surface area contributed by atoms with Crippen molar-refractivity contribution >= 4 is 22.7 Å². The molecule has 53 heavy (non-hydrogen) atoms. The summed E-state index contributed by atoms with van der Waals surface area (Å²) >= 11 is 0. The molecule has 0 unspecified atom stereocenters. The number of nitrogen functional groups attached to an aromatic ring is 4. The highest BCUT2D eigenvalue weighted by Gasteiger charge is 2.37. The second kappa shape index (κ2) is 15.3. The van der Waals surface area contributed by atoms with E-state index >= 15 is 0 Å². The summed E-state index contributed by atoms with van der Waals surface area (Å²) in [5.74, 6) is 2.22. The lowest BCUT2D eigenvalue weighted by molar-refractivity contribution is -0.00279. The van der Waals surface area contributed by atoms with Gasteiger partial charge >= 0.3 is 0 Å². The first-order valence-electron chi connectivity index (χ1n) is 18.5. The number of anilines is 4. The van der Waals surface area contributed by atoms with Crippen LogP contribution in [0.25, 0.3) is 0 Å². The van der Waals surface area contributed by atoms with Crippen LogP contribution in [0, 0.1) is 5.41 Å². The van der Waals surface area contributed by atoms with Crippen molar-refractivity contribution in [2.45, 2.75) is 105 Å². The Kier molecular flexibility index (Phi) is 11.9. The van der Waals surface area contributed by atoms with Crippen LogP contribution in [0.2, 0.25) is 0 Å². The fourth-order valence-corrected chi connectivity index (χ4v) is 5.76. The minimum absolute atomic E-state index is 0.0701. The Morgan fingerprint density at radius 2 is 0.528 bits per heavy atom. The van der Waals surface area contributed by atoms with Crippen LogP contribution in [0.15, 0.2) is 72.8 Å². The van der Waals surface area contributed by atoms with Gasteiger partial charge in [-0.1, -0.05) is 107 Å². The average molecular weight is 725 g/mol. The Hall–Kier alpha value is -4.72. The largest absolute Gasteiger partial charge is 0.490 e. The highest BCUT2D eigenvalue weighted by atomic mass is 16.5. The zero-order valence-corrected chi connectivity index (χ0v) is 34.2. The zero-order valence-electron chi connectivity index (χ0n) is 34.2. The molecule has 8 N–H and O–H groups in total. The van der Waals surface area contributed by atoms with E-state index in [4.69, 9.17) is 41.9 Å². The predicted molar refractivity (Wildman–Crippen MR) is 223 cm³/mol. The molecule has 0 saturated heterocycles. The van der Waals surface area contributed by atoms with Crippen LogP contribution >= 0.6 is 0 Å². The molecule has 288 valence electrons. The van der Waals surface area contributed by atoms with E-state index < -0.39 is 5.41 Å². The molecule has 4 rings (SSSR count). The smallest absolute Gasteiger partial charge is 0.142 e. The second-order valence-electron chi connectivity index (χ2n) is 18.7. The molecule has 0 spiro atoms. The predicted octanol–water partition coefficient (Wildman–Crippen LogP) is 9.81. The Bertz CT molecular complexity index is 1600. The van der Waals surface area contributed by atoms with Gasteiger partial charge in [-0.25, -0.2) is 0 Å². The minimum Gasteiger partial charge on any atom is -0.490 e. The maximum atomic E-state index is 6.58. The first kappa shape index (κ1) is 41.0. The molecule has 0 aromatic heterocycles. The standard InChI is InChI=1S/C45H64N4O4/c1-41(2,3)29-13-17-37(33(46)21-29)50-25-45(26-51-38-18-14-30(22-34(38)47)42(4,5)6,27-52-39-19-15-31(23-35(39)48)43(7,8)9)28-53-40-20-16-32(24-36(40)49)44(10,11)12/h13-24H,25-28,46-49H2,1-12H3. The van der Waals surface area contributed by atoms with Gasteiger partial charge in [-0.3, -0.25) is 0 Å². The van der Waals surface area contributed by atoms with Crippen LogP contribution in [0.5, 0.6) is 23.0 Å². The van der Waals surface area contributed by atoms with E-state index in [1.54, 1.807) is 0 Å². The van der Waals surface area contributed by atoms with E-state index in [9.17, 15) is 0 Å². The molecule has 0 amide bonds. The van der Waals surface area contributed by atoms with Gasteiger partial charge in [-0.15, -0.1) is 0 Å². The van der Waals surface area contributed by atoms with Gasteiger partial charge in [-0.2, -0.15) is 0 Å². The third-order valence-electron chi connectivity index (χ3n) is 9.64. The van der Waals surface area contributed by atoms with Crippen molar-refractivity contribution in [3.8, 4) is 23.0 Å². The molecule has 0 heterocycles. The molecule has 8 nitrogen and oxygen atoms in total. The molecular weight excluding hydrogens is 661 g/mol. The van der Waals surface area contributed by atoms with E-state index in [0.29, 0.717) is 45.7 Å². The lowest BCUT2D eigenvalue weighted by Crippen LogP contribution is -2.45. The molecular formula is C45H64N4O4. The van der Waals surface area contributed by atoms with Gasteiger partial charge in [0.15, 0.2) is 0 Å². The quantitative estimate of drug-likeness (QED) is 0.106. The third-order valence-corrected chi connectivity index (χ3v) is 9.64. The molecule has 0 saturated carbocycles. The number of nitrogens with two attached hydrogens (primary N) is 4. The first-order chi connectivity index (χ1) is 24.4. The molecule has 0 fully saturated rings. The van der Waals surface area contributed by atoms with Gasteiger partial charge in [0.2, 0.25) is 0 Å².